The van der Waals surface area contributed by atoms with E-state index >= 15 is 0 Å². The van der Waals surface area contributed by atoms with Crippen LogP contribution in [0.5, 0.6) is 0 Å². The second-order valence-electron chi connectivity index (χ2n) is 3.30. The molecule has 1 heteroatoms. The Morgan fingerprint density at radius 1 is 0.429 bits per heavy atom. The van der Waals surface area contributed by atoms with Gasteiger partial charge in [-0.3, -0.25) is 0 Å². The van der Waals surface area contributed by atoms with Gasteiger partial charge in [0, 0.05) is 0 Å². The summed E-state index contributed by atoms with van der Waals surface area (Å²) in [6.45, 7) is 0. The molecular weight excluding hydrogens is 430 g/mol. The Hall–Kier alpha value is -0.664. The summed E-state index contributed by atoms with van der Waals surface area (Å²) in [5.74, 6) is 0. The molecule has 0 aliphatic heterocycles. The summed E-state index contributed by atoms with van der Waals surface area (Å²) in [7, 11) is 0. The SMILES string of the molecule is C1=CCCCCC=C1.[CH3-].[CH3-].[CH3-].[CH3-].[CH3-].[CH3-].[Os+6].c1ccccc1. The van der Waals surface area contributed by atoms with E-state index in [0.29, 0.717) is 0 Å². The van der Waals surface area contributed by atoms with E-state index in [1.165, 1.54) is 25.7 Å². The van der Waals surface area contributed by atoms with Crippen LogP contribution in [0.3, 0.4) is 0 Å². The van der Waals surface area contributed by atoms with E-state index in [-0.39, 0.29) is 64.4 Å². The molecule has 0 fully saturated rings. The summed E-state index contributed by atoms with van der Waals surface area (Å²) < 4.78 is 0. The normalized spacial score (nSPS) is 9.90. The predicted molar refractivity (Wildman–Crippen MR) is 102 cm³/mol. The average Bonchev–Trinajstić information content (AvgIpc) is 2.20. The number of hydrogen-bond donors (Lipinski definition) is 0. The van der Waals surface area contributed by atoms with E-state index in [1.54, 1.807) is 0 Å². The molecule has 0 amide bonds. The minimum absolute atomic E-state index is 0. The third-order valence-corrected chi connectivity index (χ3v) is 2.04. The molecule has 0 spiro atoms. The van der Waals surface area contributed by atoms with Crippen molar-refractivity contribution in [2.24, 2.45) is 0 Å². The smallest absolute Gasteiger partial charge is 0.358 e. The van der Waals surface area contributed by atoms with Gasteiger partial charge in [-0.15, -0.1) is 0 Å². The van der Waals surface area contributed by atoms with Crippen molar-refractivity contribution in [1.29, 1.82) is 0 Å². The molecular formula is C20H36Os. The average molecular weight is 467 g/mol. The molecule has 0 heterocycles. The summed E-state index contributed by atoms with van der Waals surface area (Å²) in [4.78, 5) is 0. The van der Waals surface area contributed by atoms with Crippen molar-refractivity contribution in [1.82, 2.24) is 0 Å². The van der Waals surface area contributed by atoms with Gasteiger partial charge in [-0.2, -0.15) is 0 Å². The third kappa shape index (κ3) is 32.7. The molecule has 21 heavy (non-hydrogen) atoms. The fourth-order valence-corrected chi connectivity index (χ4v) is 1.26. The zero-order chi connectivity index (χ0) is 9.90. The fraction of sp³-hybridized carbons (Fsp3) is 0.200. The first kappa shape index (κ1) is 42.8. The molecule has 124 valence electrons. The van der Waals surface area contributed by atoms with Gasteiger partial charge in [0.2, 0.25) is 0 Å². The molecule has 1 aliphatic carbocycles. The van der Waals surface area contributed by atoms with Crippen molar-refractivity contribution in [2.45, 2.75) is 25.7 Å². The molecule has 0 saturated heterocycles. The van der Waals surface area contributed by atoms with Crippen molar-refractivity contribution in [3.8, 4) is 0 Å². The van der Waals surface area contributed by atoms with Gasteiger partial charge in [-0.1, -0.05) is 60.7 Å². The molecule has 1 aliphatic rings. The Balaban J connectivity index is -0.0000000284. The fourth-order valence-electron chi connectivity index (χ4n) is 1.26. The summed E-state index contributed by atoms with van der Waals surface area (Å²) >= 11 is 0. The molecule has 0 aromatic heterocycles. The van der Waals surface area contributed by atoms with E-state index in [4.69, 9.17) is 0 Å². The molecule has 2 rings (SSSR count). The molecule has 1 aromatic carbocycles. The molecule has 0 nitrogen and oxygen atoms in total. The van der Waals surface area contributed by atoms with Crippen molar-refractivity contribution in [3.63, 3.8) is 0 Å². The van der Waals surface area contributed by atoms with Gasteiger partial charge in [0.15, 0.2) is 0 Å². The van der Waals surface area contributed by atoms with Crippen LogP contribution in [0.1, 0.15) is 25.7 Å². The summed E-state index contributed by atoms with van der Waals surface area (Å²) in [5, 5.41) is 0. The molecule has 0 radical (unpaired) electrons. The maximum Gasteiger partial charge on any atom is 6.00 e. The number of hydrogen-bond acceptors (Lipinski definition) is 0. The Bertz CT molecular complexity index is 222. The van der Waals surface area contributed by atoms with Crippen LogP contribution in [0, 0.1) is 44.6 Å². The minimum Gasteiger partial charge on any atom is -0.358 e. The van der Waals surface area contributed by atoms with Gasteiger partial charge in [0.05, 0.1) is 0 Å². The molecule has 0 unspecified atom stereocenters. The second-order valence-corrected chi connectivity index (χ2v) is 3.30. The van der Waals surface area contributed by atoms with Gasteiger partial charge < -0.3 is 44.6 Å². The third-order valence-electron chi connectivity index (χ3n) is 2.04. The van der Waals surface area contributed by atoms with Crippen LogP contribution in [-0.2, 0) is 19.8 Å². The molecule has 0 bridgehead atoms. The van der Waals surface area contributed by atoms with Crippen LogP contribution < -0.4 is 0 Å². The van der Waals surface area contributed by atoms with Gasteiger partial charge >= 0.3 is 19.8 Å². The van der Waals surface area contributed by atoms with Crippen molar-refractivity contribution in [3.05, 3.63) is 105 Å². The van der Waals surface area contributed by atoms with Crippen molar-refractivity contribution >= 4 is 0 Å². The van der Waals surface area contributed by atoms with Crippen LogP contribution in [0.2, 0.25) is 0 Å². The quantitative estimate of drug-likeness (QED) is 0.359. The van der Waals surface area contributed by atoms with Gasteiger partial charge in [0.25, 0.3) is 0 Å². The van der Waals surface area contributed by atoms with E-state index in [0.717, 1.165) is 0 Å². The van der Waals surface area contributed by atoms with Crippen LogP contribution in [0.25, 0.3) is 0 Å². The van der Waals surface area contributed by atoms with Gasteiger partial charge in [-0.05, 0) is 25.7 Å². The van der Waals surface area contributed by atoms with Gasteiger partial charge in [0.1, 0.15) is 0 Å². The predicted octanol–water partition coefficient (Wildman–Crippen LogP) is 7.06. The van der Waals surface area contributed by atoms with Crippen molar-refractivity contribution < 1.29 is 19.8 Å². The van der Waals surface area contributed by atoms with E-state index in [9.17, 15) is 0 Å². The number of benzene rings is 1. The number of rotatable bonds is 0. The topological polar surface area (TPSA) is 0 Å². The zero-order valence-corrected chi connectivity index (χ0v) is 17.5. The molecule has 0 atom stereocenters. The van der Waals surface area contributed by atoms with Crippen LogP contribution in [0.4, 0.5) is 0 Å². The first-order valence-electron chi connectivity index (χ1n) is 5.32. The summed E-state index contributed by atoms with van der Waals surface area (Å²) in [6, 6.07) is 12.0. The van der Waals surface area contributed by atoms with Crippen LogP contribution in [-0.4, -0.2) is 0 Å². The first-order valence-corrected chi connectivity index (χ1v) is 5.32. The Kier molecular flexibility index (Phi) is 74.4. The summed E-state index contributed by atoms with van der Waals surface area (Å²) in [5.41, 5.74) is 0. The maximum absolute atomic E-state index is 2.23. The Morgan fingerprint density at radius 2 is 0.667 bits per heavy atom. The minimum atomic E-state index is 0. The zero-order valence-electron chi connectivity index (χ0n) is 15.0. The molecule has 0 N–H and O–H groups in total. The molecule has 0 saturated carbocycles. The maximum atomic E-state index is 2.23. The van der Waals surface area contributed by atoms with Crippen LogP contribution in [0.15, 0.2) is 60.7 Å². The standard InChI is InChI=1S/C8H12.C6H6.6CH3.Os/c1-2-4-6-8-7-5-3-1;1-2-4-6-5-3-1;;;;;;;/h1-4H,5-8H2;1-6H;6*1H3;/q;;6*-1;+6. The van der Waals surface area contributed by atoms with E-state index in [2.05, 4.69) is 24.3 Å². The molecule has 1 aromatic rings. The second kappa shape index (κ2) is 36.6. The Labute approximate surface area is 150 Å². The Morgan fingerprint density at radius 3 is 0.905 bits per heavy atom. The number of allylic oxidation sites excluding steroid dienone is 4. The summed E-state index contributed by atoms with van der Waals surface area (Å²) in [6.07, 6.45) is 14.0. The first-order chi connectivity index (χ1) is 7.00. The monoisotopic (exact) mass is 468 g/mol. The van der Waals surface area contributed by atoms with E-state index < -0.39 is 0 Å². The van der Waals surface area contributed by atoms with E-state index in [1.807, 2.05) is 36.4 Å². The van der Waals surface area contributed by atoms with Gasteiger partial charge in [-0.25, -0.2) is 0 Å². The van der Waals surface area contributed by atoms with Crippen molar-refractivity contribution in [2.75, 3.05) is 0 Å². The largest absolute Gasteiger partial charge is 6.00 e. The van der Waals surface area contributed by atoms with Crippen LogP contribution >= 0.6 is 0 Å².